The molecule has 12 nitrogen and oxygen atoms in total. The number of hydrogen-bond acceptors (Lipinski definition) is 10. The molecule has 286 valence electrons. The number of rotatable bonds is 17. The van der Waals surface area contributed by atoms with Gasteiger partial charge in [0.15, 0.2) is 0 Å². The maximum atomic E-state index is 14.2. The van der Waals surface area contributed by atoms with E-state index in [1.807, 2.05) is 78.9 Å². The lowest BCUT2D eigenvalue weighted by Gasteiger charge is -2.29. The molecule has 12 heteroatoms. The van der Waals surface area contributed by atoms with Gasteiger partial charge < -0.3 is 44.5 Å². The van der Waals surface area contributed by atoms with Gasteiger partial charge in [0.1, 0.15) is 18.5 Å². The monoisotopic (exact) mass is 731 g/mol. The van der Waals surface area contributed by atoms with Gasteiger partial charge >= 0.3 is 6.09 Å². The fourth-order valence-corrected chi connectivity index (χ4v) is 7.43. The third-order valence-electron chi connectivity index (χ3n) is 10.3. The Hall–Kier alpha value is -4.04. The molecule has 2 heterocycles. The predicted molar refractivity (Wildman–Crippen MR) is 198 cm³/mol. The number of aliphatic hydroxyl groups excluding tert-OH is 2. The summed E-state index contributed by atoms with van der Waals surface area (Å²) >= 11 is 0. The van der Waals surface area contributed by atoms with Crippen LogP contribution in [0.3, 0.4) is 0 Å². The van der Waals surface area contributed by atoms with Crippen LogP contribution in [-0.2, 0) is 43.0 Å². The van der Waals surface area contributed by atoms with Crippen LogP contribution in [0.15, 0.2) is 78.9 Å². The smallest absolute Gasteiger partial charge is 0.407 e. The molecule has 7 atom stereocenters. The number of nitrogens with zero attached hydrogens (tertiary/aromatic N) is 1. The summed E-state index contributed by atoms with van der Waals surface area (Å²) < 4.78 is 28.0. The van der Waals surface area contributed by atoms with Crippen molar-refractivity contribution in [3.8, 4) is 5.75 Å². The molecule has 2 fully saturated rings. The number of benzene rings is 3. The fraction of sp³-hybridized carbons (Fsp3) is 0.512. The second-order valence-corrected chi connectivity index (χ2v) is 14.2. The van der Waals surface area contributed by atoms with E-state index in [-0.39, 0.29) is 25.0 Å². The maximum Gasteiger partial charge on any atom is 0.407 e. The molecule has 0 saturated carbocycles. The normalized spacial score (nSPS) is 23.1. The van der Waals surface area contributed by atoms with Crippen LogP contribution in [0.2, 0.25) is 0 Å². The number of ether oxygens (including phenoxy) is 5. The molecule has 4 N–H and O–H groups in total. The molecule has 3 aliphatic rings. The highest BCUT2D eigenvalue weighted by molar-refractivity contribution is 5.80. The van der Waals surface area contributed by atoms with Crippen LogP contribution in [0, 0.1) is 5.92 Å². The summed E-state index contributed by atoms with van der Waals surface area (Å²) in [6.07, 6.45) is -1.45. The molecule has 2 amide bonds. The molecule has 3 aromatic carbocycles. The summed E-state index contributed by atoms with van der Waals surface area (Å²) in [7, 11) is 1.60. The third-order valence-corrected chi connectivity index (χ3v) is 10.3. The molecule has 1 aliphatic carbocycles. The number of hydrogen-bond donors (Lipinski definition) is 4. The van der Waals surface area contributed by atoms with Crippen LogP contribution in [0.4, 0.5) is 4.79 Å². The van der Waals surface area contributed by atoms with Gasteiger partial charge in [0.25, 0.3) is 0 Å². The van der Waals surface area contributed by atoms with Crippen LogP contribution in [0.5, 0.6) is 5.75 Å². The molecule has 53 heavy (non-hydrogen) atoms. The van der Waals surface area contributed by atoms with Crippen molar-refractivity contribution in [3.63, 3.8) is 0 Å². The molecule has 0 unspecified atom stereocenters. The van der Waals surface area contributed by atoms with Gasteiger partial charge in [-0.15, -0.1) is 0 Å². The first kappa shape index (κ1) is 38.7. The van der Waals surface area contributed by atoms with Gasteiger partial charge in [0.2, 0.25) is 5.91 Å². The van der Waals surface area contributed by atoms with E-state index < -0.39 is 42.4 Å². The van der Waals surface area contributed by atoms with E-state index >= 15 is 0 Å². The number of fused-ring (bicyclic) bond motifs is 1. The number of amides is 2. The average molecular weight is 732 g/mol. The fourth-order valence-electron chi connectivity index (χ4n) is 7.43. The Morgan fingerprint density at radius 1 is 0.962 bits per heavy atom. The summed E-state index contributed by atoms with van der Waals surface area (Å²) in [6.45, 7) is 5.32. The highest BCUT2D eigenvalue weighted by atomic mass is 16.6. The van der Waals surface area contributed by atoms with Crippen molar-refractivity contribution >= 4 is 12.0 Å². The number of nitrogens with one attached hydrogen (secondary N) is 2. The summed E-state index contributed by atoms with van der Waals surface area (Å²) in [5, 5.41) is 28.8. The Balaban J connectivity index is 1.15. The molecule has 6 rings (SSSR count). The lowest BCUT2D eigenvalue weighted by atomic mass is 9.88. The standard InChI is InChI=1S/C41H53N3O9/c1-49-26-33-25-34(27-52-33)53-41(48)42-36(22-28-7-3-2-4-8-28)37(45)24-31(40(47)43-39-35-10-6-5-9-30(35)23-38(39)46)21-29-11-13-32(14-12-29)51-20-17-44-15-18-50-19-16-44/h2-14,31,33-34,36-39,45-46H,15-27H2,1H3,(H,42,48)(H,43,47)/t31-,33-,34+,36+,37+,38-,39+/m1/s1. The Labute approximate surface area is 311 Å². The highest BCUT2D eigenvalue weighted by Gasteiger charge is 2.36. The zero-order valence-electron chi connectivity index (χ0n) is 30.4. The van der Waals surface area contributed by atoms with E-state index in [2.05, 4.69) is 15.5 Å². The summed E-state index contributed by atoms with van der Waals surface area (Å²) in [4.78, 5) is 29.7. The number of aliphatic hydroxyl groups is 2. The number of carbonyl (C=O) groups is 2. The SMILES string of the molecule is COC[C@H]1C[C@H](OC(=O)N[C@@H](Cc2ccccc2)[C@@H](O)C[C@@H](Cc2ccc(OCCN3CCOCC3)cc2)C(=O)N[C@H]2c3ccccc3C[C@H]2O)CO1. The van der Waals surface area contributed by atoms with Gasteiger partial charge in [-0.2, -0.15) is 0 Å². The second-order valence-electron chi connectivity index (χ2n) is 14.2. The first-order chi connectivity index (χ1) is 25.8. The van der Waals surface area contributed by atoms with Crippen molar-refractivity contribution in [3.05, 3.63) is 101 Å². The van der Waals surface area contributed by atoms with Crippen molar-refractivity contribution in [2.45, 2.75) is 68.6 Å². The van der Waals surface area contributed by atoms with Crippen LogP contribution in [0.25, 0.3) is 0 Å². The predicted octanol–water partition coefficient (Wildman–Crippen LogP) is 3.22. The van der Waals surface area contributed by atoms with E-state index in [0.29, 0.717) is 38.9 Å². The lowest BCUT2D eigenvalue weighted by Crippen LogP contribution is -2.48. The number of carbonyl (C=O) groups excluding carboxylic acids is 2. The molecule has 2 saturated heterocycles. The molecular formula is C41H53N3O9. The Morgan fingerprint density at radius 2 is 1.70 bits per heavy atom. The lowest BCUT2D eigenvalue weighted by molar-refractivity contribution is -0.127. The van der Waals surface area contributed by atoms with Crippen molar-refractivity contribution < 1.29 is 43.5 Å². The van der Waals surface area contributed by atoms with Crippen molar-refractivity contribution in [2.24, 2.45) is 5.92 Å². The molecule has 0 radical (unpaired) electrons. The van der Waals surface area contributed by atoms with Crippen LogP contribution < -0.4 is 15.4 Å². The Kier molecular flexibility index (Phi) is 14.1. The average Bonchev–Trinajstić information content (AvgIpc) is 3.74. The van der Waals surface area contributed by atoms with E-state index in [4.69, 9.17) is 23.7 Å². The van der Waals surface area contributed by atoms with Gasteiger partial charge in [-0.3, -0.25) is 9.69 Å². The van der Waals surface area contributed by atoms with Crippen LogP contribution in [0.1, 0.15) is 41.1 Å². The van der Waals surface area contributed by atoms with Crippen LogP contribution >= 0.6 is 0 Å². The van der Waals surface area contributed by atoms with Crippen molar-refractivity contribution in [2.75, 3.05) is 59.8 Å². The molecule has 0 spiro atoms. The first-order valence-corrected chi connectivity index (χ1v) is 18.7. The maximum absolute atomic E-state index is 14.2. The molecule has 0 aromatic heterocycles. The van der Waals surface area contributed by atoms with E-state index in [9.17, 15) is 19.8 Å². The number of alkyl carbamates (subject to hydrolysis) is 1. The van der Waals surface area contributed by atoms with Gasteiger partial charge in [-0.1, -0.05) is 66.7 Å². The van der Waals surface area contributed by atoms with Crippen LogP contribution in [-0.4, -0.2) is 117 Å². The number of methoxy groups -OCH3 is 1. The topological polar surface area (TPSA) is 148 Å². The van der Waals surface area contributed by atoms with Gasteiger partial charge in [-0.05, 0) is 53.6 Å². The molecule has 2 aliphatic heterocycles. The zero-order chi connectivity index (χ0) is 37.0. The Morgan fingerprint density at radius 3 is 2.47 bits per heavy atom. The van der Waals surface area contributed by atoms with Gasteiger partial charge in [0, 0.05) is 45.5 Å². The first-order valence-electron chi connectivity index (χ1n) is 18.7. The van der Waals surface area contributed by atoms with E-state index in [0.717, 1.165) is 60.9 Å². The molecule has 0 bridgehead atoms. The van der Waals surface area contributed by atoms with Gasteiger partial charge in [0.05, 0.1) is 56.8 Å². The zero-order valence-corrected chi connectivity index (χ0v) is 30.4. The van der Waals surface area contributed by atoms with Crippen molar-refractivity contribution in [1.82, 2.24) is 15.5 Å². The summed E-state index contributed by atoms with van der Waals surface area (Å²) in [5.74, 6) is -0.239. The third kappa shape index (κ3) is 11.2. The second kappa shape index (κ2) is 19.3. The largest absolute Gasteiger partial charge is 0.492 e. The van der Waals surface area contributed by atoms with Gasteiger partial charge in [-0.25, -0.2) is 4.79 Å². The quantitative estimate of drug-likeness (QED) is 0.163. The number of morpholine rings is 1. The molecular weight excluding hydrogens is 678 g/mol. The van der Waals surface area contributed by atoms with E-state index in [1.54, 1.807) is 7.11 Å². The summed E-state index contributed by atoms with van der Waals surface area (Å²) in [5.41, 5.74) is 3.69. The minimum atomic E-state index is -1.11. The molecule has 3 aromatic rings. The van der Waals surface area contributed by atoms with Crippen molar-refractivity contribution in [1.29, 1.82) is 0 Å². The minimum Gasteiger partial charge on any atom is -0.492 e. The van der Waals surface area contributed by atoms with E-state index in [1.165, 1.54) is 0 Å². The minimum absolute atomic E-state index is 0.0499. The Bertz CT molecular complexity index is 1590. The highest BCUT2D eigenvalue weighted by Crippen LogP contribution is 2.32. The summed E-state index contributed by atoms with van der Waals surface area (Å²) in [6, 6.07) is 23.6.